The second-order valence-corrected chi connectivity index (χ2v) is 6.62. The summed E-state index contributed by atoms with van der Waals surface area (Å²) in [6, 6.07) is 6.81. The first-order valence-electron chi connectivity index (χ1n) is 7.35. The Balaban J connectivity index is 2.01. The van der Waals surface area contributed by atoms with E-state index in [1.165, 1.54) is 11.8 Å². The Hall–Kier alpha value is -2.05. The molecule has 1 heterocycles. The number of amides is 2. The van der Waals surface area contributed by atoms with Gasteiger partial charge in [-0.25, -0.2) is 0 Å². The Labute approximate surface area is 150 Å². The van der Waals surface area contributed by atoms with Crippen LogP contribution in [0.15, 0.2) is 54.6 Å². The van der Waals surface area contributed by atoms with Crippen molar-refractivity contribution in [3.63, 3.8) is 0 Å². The van der Waals surface area contributed by atoms with Crippen LogP contribution in [-0.2, 0) is 9.59 Å². The third kappa shape index (κ3) is 4.72. The Kier molecular flexibility index (Phi) is 6.63. The van der Waals surface area contributed by atoms with E-state index >= 15 is 0 Å². The molecule has 1 aliphatic rings. The highest BCUT2D eigenvalue weighted by atomic mass is 35.5. The van der Waals surface area contributed by atoms with Crippen molar-refractivity contribution in [2.75, 3.05) is 18.4 Å². The molecule has 1 aliphatic heterocycles. The van der Waals surface area contributed by atoms with Crippen LogP contribution in [0.1, 0.15) is 6.42 Å². The number of hydrogen-bond donors (Lipinski definition) is 1. The van der Waals surface area contributed by atoms with Crippen molar-refractivity contribution in [1.82, 2.24) is 4.90 Å². The normalized spacial score (nSPS) is 18.7. The van der Waals surface area contributed by atoms with Crippen LogP contribution in [0.2, 0.25) is 5.02 Å². The van der Waals surface area contributed by atoms with Gasteiger partial charge in [0.15, 0.2) is 5.17 Å². The van der Waals surface area contributed by atoms with Crippen molar-refractivity contribution in [3.8, 4) is 0 Å². The third-order valence-corrected chi connectivity index (χ3v) is 4.65. The molecule has 1 fully saturated rings. The molecule has 1 aromatic carbocycles. The molecule has 1 saturated heterocycles. The molecule has 0 saturated carbocycles. The van der Waals surface area contributed by atoms with E-state index in [-0.39, 0.29) is 18.2 Å². The molecule has 0 radical (unpaired) electrons. The molecule has 126 valence electrons. The lowest BCUT2D eigenvalue weighted by Crippen LogP contribution is -2.33. The lowest BCUT2D eigenvalue weighted by Gasteiger charge is -2.13. The molecule has 7 heteroatoms. The summed E-state index contributed by atoms with van der Waals surface area (Å²) in [5.41, 5.74) is 0.642. The number of aliphatic imine (C=N–C) groups is 1. The van der Waals surface area contributed by atoms with E-state index in [1.807, 2.05) is 0 Å². The molecule has 24 heavy (non-hydrogen) atoms. The summed E-state index contributed by atoms with van der Waals surface area (Å²) >= 11 is 7.11. The molecule has 0 aliphatic carbocycles. The van der Waals surface area contributed by atoms with E-state index in [1.54, 1.807) is 41.3 Å². The molecule has 2 amide bonds. The van der Waals surface area contributed by atoms with Gasteiger partial charge in [0, 0.05) is 23.7 Å². The minimum Gasteiger partial charge on any atom is -0.326 e. The topological polar surface area (TPSA) is 61.8 Å². The highest BCUT2D eigenvalue weighted by molar-refractivity contribution is 8.15. The van der Waals surface area contributed by atoms with Gasteiger partial charge >= 0.3 is 0 Å². The predicted molar refractivity (Wildman–Crippen MR) is 100 cm³/mol. The van der Waals surface area contributed by atoms with Gasteiger partial charge in [0.1, 0.15) is 5.25 Å². The number of thioether (sulfide) groups is 1. The van der Waals surface area contributed by atoms with Crippen LogP contribution >= 0.6 is 23.4 Å². The van der Waals surface area contributed by atoms with Crippen LogP contribution in [0.5, 0.6) is 0 Å². The monoisotopic (exact) mass is 363 g/mol. The summed E-state index contributed by atoms with van der Waals surface area (Å²) in [6.45, 7) is 8.07. The number of benzene rings is 1. The van der Waals surface area contributed by atoms with Crippen molar-refractivity contribution in [2.24, 2.45) is 4.99 Å². The van der Waals surface area contributed by atoms with Crippen LogP contribution in [0, 0.1) is 0 Å². The first-order valence-corrected chi connectivity index (χ1v) is 8.60. The zero-order valence-corrected chi connectivity index (χ0v) is 14.6. The number of rotatable bonds is 7. The van der Waals surface area contributed by atoms with Crippen LogP contribution in [0.25, 0.3) is 0 Å². The summed E-state index contributed by atoms with van der Waals surface area (Å²) in [4.78, 5) is 30.5. The van der Waals surface area contributed by atoms with Crippen LogP contribution in [0.4, 0.5) is 5.69 Å². The summed E-state index contributed by atoms with van der Waals surface area (Å²) in [5, 5.41) is 3.47. The Morgan fingerprint density at radius 3 is 2.67 bits per heavy atom. The minimum absolute atomic E-state index is 0.0763. The first-order chi connectivity index (χ1) is 11.5. The molecule has 1 aromatic rings. The van der Waals surface area contributed by atoms with Crippen molar-refractivity contribution >= 4 is 46.0 Å². The zero-order valence-electron chi connectivity index (χ0n) is 13.1. The third-order valence-electron chi connectivity index (χ3n) is 3.19. The van der Waals surface area contributed by atoms with E-state index in [4.69, 9.17) is 11.6 Å². The lowest BCUT2D eigenvalue weighted by molar-refractivity contribution is -0.127. The molecular weight excluding hydrogens is 346 g/mol. The second kappa shape index (κ2) is 8.70. The Morgan fingerprint density at radius 2 is 2.04 bits per heavy atom. The fourth-order valence-electron chi connectivity index (χ4n) is 2.11. The summed E-state index contributed by atoms with van der Waals surface area (Å²) < 4.78 is 0. The SMILES string of the molecule is C=CCN=C1SC(CC(=O)Nc2ccc(Cl)cc2)C(=O)N1CC=C. The molecule has 1 unspecified atom stereocenters. The predicted octanol–water partition coefficient (Wildman–Crippen LogP) is 3.34. The summed E-state index contributed by atoms with van der Waals surface area (Å²) in [5.74, 6) is -0.360. The summed E-state index contributed by atoms with van der Waals surface area (Å²) in [6.07, 6.45) is 3.37. The van der Waals surface area contributed by atoms with E-state index < -0.39 is 5.25 Å². The van der Waals surface area contributed by atoms with E-state index in [9.17, 15) is 9.59 Å². The maximum atomic E-state index is 12.5. The fraction of sp³-hybridized carbons (Fsp3) is 0.235. The number of hydrogen-bond acceptors (Lipinski definition) is 4. The Morgan fingerprint density at radius 1 is 1.33 bits per heavy atom. The summed E-state index contributed by atoms with van der Waals surface area (Å²) in [7, 11) is 0. The molecule has 1 atom stereocenters. The molecule has 2 rings (SSSR count). The number of amidine groups is 1. The highest BCUT2D eigenvalue weighted by Gasteiger charge is 2.38. The van der Waals surface area contributed by atoms with Gasteiger partial charge < -0.3 is 5.32 Å². The number of carbonyl (C=O) groups excluding carboxylic acids is 2. The van der Waals surface area contributed by atoms with E-state index in [0.717, 1.165) is 0 Å². The van der Waals surface area contributed by atoms with Gasteiger partial charge in [0.25, 0.3) is 0 Å². The molecule has 0 aromatic heterocycles. The molecule has 5 nitrogen and oxygen atoms in total. The highest BCUT2D eigenvalue weighted by Crippen LogP contribution is 2.30. The fourth-order valence-corrected chi connectivity index (χ4v) is 3.40. The number of halogens is 1. The van der Waals surface area contributed by atoms with Gasteiger partial charge in [-0.05, 0) is 24.3 Å². The lowest BCUT2D eigenvalue weighted by atomic mass is 10.2. The number of nitrogens with zero attached hydrogens (tertiary/aromatic N) is 2. The van der Waals surface area contributed by atoms with Crippen molar-refractivity contribution in [2.45, 2.75) is 11.7 Å². The molecule has 0 bridgehead atoms. The van der Waals surface area contributed by atoms with Gasteiger partial charge in [-0.2, -0.15) is 0 Å². The Bertz CT molecular complexity index is 673. The molecule has 0 spiro atoms. The molecule has 1 N–H and O–H groups in total. The van der Waals surface area contributed by atoms with Gasteiger partial charge in [-0.3, -0.25) is 19.5 Å². The average molecular weight is 364 g/mol. The van der Waals surface area contributed by atoms with Crippen molar-refractivity contribution < 1.29 is 9.59 Å². The minimum atomic E-state index is -0.485. The standard InChI is InChI=1S/C17H18ClN3O2S/c1-3-9-19-17-21(10-4-2)16(23)14(24-17)11-15(22)20-13-7-5-12(18)6-8-13/h3-8,14H,1-2,9-11H2,(H,20,22). The maximum absolute atomic E-state index is 12.5. The zero-order chi connectivity index (χ0) is 17.5. The smallest absolute Gasteiger partial charge is 0.242 e. The van der Waals surface area contributed by atoms with E-state index in [2.05, 4.69) is 23.5 Å². The van der Waals surface area contributed by atoms with Crippen molar-refractivity contribution in [1.29, 1.82) is 0 Å². The van der Waals surface area contributed by atoms with Gasteiger partial charge in [-0.15, -0.1) is 13.2 Å². The number of carbonyl (C=O) groups is 2. The van der Waals surface area contributed by atoms with Gasteiger partial charge in [0.2, 0.25) is 11.8 Å². The van der Waals surface area contributed by atoms with Crippen LogP contribution in [0.3, 0.4) is 0 Å². The van der Waals surface area contributed by atoms with Crippen LogP contribution in [-0.4, -0.2) is 40.2 Å². The van der Waals surface area contributed by atoms with Crippen LogP contribution < -0.4 is 5.32 Å². The quantitative estimate of drug-likeness (QED) is 0.756. The largest absolute Gasteiger partial charge is 0.326 e. The average Bonchev–Trinajstić information content (AvgIpc) is 2.84. The number of anilines is 1. The van der Waals surface area contributed by atoms with Gasteiger partial charge in [0.05, 0.1) is 6.54 Å². The molecular formula is C17H18ClN3O2S. The van der Waals surface area contributed by atoms with E-state index in [0.29, 0.717) is 29.0 Å². The van der Waals surface area contributed by atoms with Crippen molar-refractivity contribution in [3.05, 3.63) is 54.6 Å². The second-order valence-electron chi connectivity index (χ2n) is 5.02. The number of nitrogens with one attached hydrogen (secondary N) is 1. The maximum Gasteiger partial charge on any atom is 0.242 e. The first kappa shape index (κ1) is 18.3. The van der Waals surface area contributed by atoms with Gasteiger partial charge in [-0.1, -0.05) is 35.5 Å².